The van der Waals surface area contributed by atoms with Crippen molar-refractivity contribution in [1.29, 1.82) is 0 Å². The van der Waals surface area contributed by atoms with Gasteiger partial charge in [0, 0.05) is 17.6 Å². The van der Waals surface area contributed by atoms with E-state index >= 15 is 0 Å². The van der Waals surface area contributed by atoms with Crippen LogP contribution in [-0.4, -0.2) is 32.1 Å². The SMILES string of the molecule is CCC(CNC)CN(C)Cc1cccc(Br)c1. The van der Waals surface area contributed by atoms with E-state index in [9.17, 15) is 0 Å². The van der Waals surface area contributed by atoms with Crippen molar-refractivity contribution in [3.05, 3.63) is 34.3 Å². The molecule has 17 heavy (non-hydrogen) atoms. The van der Waals surface area contributed by atoms with Gasteiger partial charge in [0.05, 0.1) is 0 Å². The van der Waals surface area contributed by atoms with Gasteiger partial charge in [-0.05, 0) is 44.3 Å². The Bertz CT molecular complexity index is 328. The van der Waals surface area contributed by atoms with Crippen LogP contribution >= 0.6 is 15.9 Å². The van der Waals surface area contributed by atoms with E-state index in [2.05, 4.69) is 64.4 Å². The fourth-order valence-corrected chi connectivity index (χ4v) is 2.53. The highest BCUT2D eigenvalue weighted by molar-refractivity contribution is 9.10. The number of halogens is 1. The predicted molar refractivity (Wildman–Crippen MR) is 78.2 cm³/mol. The summed E-state index contributed by atoms with van der Waals surface area (Å²) in [6, 6.07) is 8.54. The number of hydrogen-bond acceptors (Lipinski definition) is 2. The molecule has 1 rings (SSSR count). The molecule has 0 aliphatic heterocycles. The van der Waals surface area contributed by atoms with E-state index in [0.717, 1.165) is 30.0 Å². The maximum atomic E-state index is 3.51. The highest BCUT2D eigenvalue weighted by Gasteiger charge is 2.09. The molecule has 1 N–H and O–H groups in total. The predicted octanol–water partition coefficient (Wildman–Crippen LogP) is 3.13. The lowest BCUT2D eigenvalue weighted by molar-refractivity contribution is 0.261. The van der Waals surface area contributed by atoms with Gasteiger partial charge in [0.25, 0.3) is 0 Å². The number of nitrogens with one attached hydrogen (secondary N) is 1. The molecule has 0 amide bonds. The second-order valence-electron chi connectivity index (χ2n) is 4.66. The molecule has 0 fully saturated rings. The van der Waals surface area contributed by atoms with Crippen LogP contribution in [0.25, 0.3) is 0 Å². The molecule has 0 aliphatic carbocycles. The zero-order valence-corrected chi connectivity index (χ0v) is 12.6. The van der Waals surface area contributed by atoms with Gasteiger partial charge in [-0.3, -0.25) is 0 Å². The summed E-state index contributed by atoms with van der Waals surface area (Å²) in [6.07, 6.45) is 1.23. The minimum atomic E-state index is 0.733. The Kier molecular flexibility index (Phi) is 6.78. The molecule has 0 heterocycles. The number of rotatable bonds is 7. The second-order valence-corrected chi connectivity index (χ2v) is 5.57. The Morgan fingerprint density at radius 2 is 2.18 bits per heavy atom. The third kappa shape index (κ3) is 5.66. The average molecular weight is 299 g/mol. The van der Waals surface area contributed by atoms with Crippen LogP contribution in [0.15, 0.2) is 28.7 Å². The Hall–Kier alpha value is -0.380. The molecule has 1 atom stereocenters. The van der Waals surface area contributed by atoms with E-state index in [1.807, 2.05) is 7.05 Å². The van der Waals surface area contributed by atoms with Crippen molar-refractivity contribution in [3.63, 3.8) is 0 Å². The van der Waals surface area contributed by atoms with Crippen LogP contribution in [0.2, 0.25) is 0 Å². The second kappa shape index (κ2) is 7.85. The lowest BCUT2D eigenvalue weighted by atomic mass is 10.1. The van der Waals surface area contributed by atoms with E-state index in [-0.39, 0.29) is 0 Å². The summed E-state index contributed by atoms with van der Waals surface area (Å²) in [5.41, 5.74) is 1.36. The zero-order chi connectivity index (χ0) is 12.7. The van der Waals surface area contributed by atoms with Crippen LogP contribution in [0, 0.1) is 5.92 Å². The van der Waals surface area contributed by atoms with Crippen LogP contribution < -0.4 is 5.32 Å². The first kappa shape index (κ1) is 14.7. The molecule has 0 spiro atoms. The topological polar surface area (TPSA) is 15.3 Å². The van der Waals surface area contributed by atoms with Crippen LogP contribution in [0.4, 0.5) is 0 Å². The molecular weight excluding hydrogens is 276 g/mol. The average Bonchev–Trinajstić information content (AvgIpc) is 2.28. The molecule has 0 radical (unpaired) electrons. The largest absolute Gasteiger partial charge is 0.319 e. The standard InChI is InChI=1S/C14H23BrN2/c1-4-12(9-16-2)10-17(3)11-13-6-5-7-14(15)8-13/h5-8,12,16H,4,9-11H2,1-3H3. The van der Waals surface area contributed by atoms with Crippen LogP contribution in [0.1, 0.15) is 18.9 Å². The van der Waals surface area contributed by atoms with Gasteiger partial charge in [0.1, 0.15) is 0 Å². The van der Waals surface area contributed by atoms with Gasteiger partial charge in [0.2, 0.25) is 0 Å². The van der Waals surface area contributed by atoms with E-state index in [1.54, 1.807) is 0 Å². The van der Waals surface area contributed by atoms with Gasteiger partial charge in [-0.1, -0.05) is 41.4 Å². The molecule has 1 unspecified atom stereocenters. The fraction of sp³-hybridized carbons (Fsp3) is 0.571. The molecule has 0 saturated carbocycles. The van der Waals surface area contributed by atoms with Crippen molar-refractivity contribution in [2.75, 3.05) is 27.2 Å². The summed E-state index contributed by atoms with van der Waals surface area (Å²) in [5, 5.41) is 3.26. The number of benzene rings is 1. The molecule has 96 valence electrons. The van der Waals surface area contributed by atoms with Crippen molar-refractivity contribution in [2.24, 2.45) is 5.92 Å². The zero-order valence-electron chi connectivity index (χ0n) is 11.0. The molecule has 3 heteroatoms. The van der Waals surface area contributed by atoms with Crippen molar-refractivity contribution in [3.8, 4) is 0 Å². The Morgan fingerprint density at radius 1 is 1.41 bits per heavy atom. The maximum absolute atomic E-state index is 3.51. The third-order valence-corrected chi connectivity index (χ3v) is 3.47. The van der Waals surface area contributed by atoms with Crippen molar-refractivity contribution in [1.82, 2.24) is 10.2 Å². The Labute approximate surface area is 114 Å². The maximum Gasteiger partial charge on any atom is 0.0231 e. The van der Waals surface area contributed by atoms with Gasteiger partial charge >= 0.3 is 0 Å². The van der Waals surface area contributed by atoms with Crippen LogP contribution in [0.5, 0.6) is 0 Å². The smallest absolute Gasteiger partial charge is 0.0231 e. The Morgan fingerprint density at radius 3 is 2.76 bits per heavy atom. The highest BCUT2D eigenvalue weighted by atomic mass is 79.9. The van der Waals surface area contributed by atoms with Gasteiger partial charge in [-0.15, -0.1) is 0 Å². The minimum Gasteiger partial charge on any atom is -0.319 e. The highest BCUT2D eigenvalue weighted by Crippen LogP contribution is 2.14. The number of hydrogen-bond donors (Lipinski definition) is 1. The molecule has 1 aromatic carbocycles. The number of nitrogens with zero attached hydrogens (tertiary/aromatic N) is 1. The fourth-order valence-electron chi connectivity index (χ4n) is 2.08. The van der Waals surface area contributed by atoms with Gasteiger partial charge in [-0.25, -0.2) is 0 Å². The van der Waals surface area contributed by atoms with E-state index in [4.69, 9.17) is 0 Å². The van der Waals surface area contributed by atoms with Crippen molar-refractivity contribution in [2.45, 2.75) is 19.9 Å². The summed E-state index contributed by atoms with van der Waals surface area (Å²) in [4.78, 5) is 2.40. The molecule has 0 bridgehead atoms. The first-order valence-electron chi connectivity index (χ1n) is 6.23. The van der Waals surface area contributed by atoms with E-state index in [0.29, 0.717) is 0 Å². The van der Waals surface area contributed by atoms with Crippen LogP contribution in [0.3, 0.4) is 0 Å². The van der Waals surface area contributed by atoms with Gasteiger partial charge in [0.15, 0.2) is 0 Å². The third-order valence-electron chi connectivity index (χ3n) is 2.98. The lowest BCUT2D eigenvalue weighted by Crippen LogP contribution is -2.30. The van der Waals surface area contributed by atoms with Crippen LogP contribution in [-0.2, 0) is 6.54 Å². The van der Waals surface area contributed by atoms with Gasteiger partial charge < -0.3 is 10.2 Å². The molecule has 0 saturated heterocycles. The first-order valence-corrected chi connectivity index (χ1v) is 7.02. The van der Waals surface area contributed by atoms with E-state index in [1.165, 1.54) is 12.0 Å². The Balaban J connectivity index is 2.45. The summed E-state index contributed by atoms with van der Waals surface area (Å²) >= 11 is 3.51. The van der Waals surface area contributed by atoms with E-state index < -0.39 is 0 Å². The molecule has 0 aliphatic rings. The molecule has 2 nitrogen and oxygen atoms in total. The molecule has 1 aromatic rings. The normalized spacial score (nSPS) is 13.0. The van der Waals surface area contributed by atoms with Gasteiger partial charge in [-0.2, -0.15) is 0 Å². The van der Waals surface area contributed by atoms with Crippen molar-refractivity contribution < 1.29 is 0 Å². The minimum absolute atomic E-state index is 0.733. The summed E-state index contributed by atoms with van der Waals surface area (Å²) < 4.78 is 1.16. The molecular formula is C14H23BrN2. The molecule has 0 aromatic heterocycles. The summed E-state index contributed by atoms with van der Waals surface area (Å²) in [7, 11) is 4.22. The quantitative estimate of drug-likeness (QED) is 0.832. The van der Waals surface area contributed by atoms with Crippen molar-refractivity contribution >= 4 is 15.9 Å². The summed E-state index contributed by atoms with van der Waals surface area (Å²) in [6.45, 7) is 5.51. The summed E-state index contributed by atoms with van der Waals surface area (Å²) in [5.74, 6) is 0.733. The first-order chi connectivity index (χ1) is 8.15. The lowest BCUT2D eigenvalue weighted by Gasteiger charge is -2.23. The monoisotopic (exact) mass is 298 g/mol.